The highest BCUT2D eigenvalue weighted by molar-refractivity contribution is 7.89. The molecule has 1 fully saturated rings. The lowest BCUT2D eigenvalue weighted by Crippen LogP contribution is -2.33. The number of anilines is 1. The molecule has 2 N–H and O–H groups in total. The highest BCUT2D eigenvalue weighted by Gasteiger charge is 2.38. The van der Waals surface area contributed by atoms with E-state index in [2.05, 4.69) is 6.58 Å². The van der Waals surface area contributed by atoms with Crippen molar-refractivity contribution in [3.63, 3.8) is 0 Å². The van der Waals surface area contributed by atoms with E-state index in [1.54, 1.807) is 0 Å². The molecule has 1 aromatic carbocycles. The minimum Gasteiger partial charge on any atom is -0.398 e. The zero-order chi connectivity index (χ0) is 13.3. The molecule has 0 aliphatic heterocycles. The van der Waals surface area contributed by atoms with Gasteiger partial charge in [-0.1, -0.05) is 6.08 Å². The molecule has 0 aromatic heterocycles. The van der Waals surface area contributed by atoms with Gasteiger partial charge in [-0.05, 0) is 31.0 Å². The van der Waals surface area contributed by atoms with E-state index in [9.17, 15) is 12.8 Å². The quantitative estimate of drug-likeness (QED) is 0.655. The molecule has 6 heteroatoms. The summed E-state index contributed by atoms with van der Waals surface area (Å²) < 4.78 is 39.3. The molecule has 1 aromatic rings. The lowest BCUT2D eigenvalue weighted by molar-refractivity contribution is 0.435. The van der Waals surface area contributed by atoms with E-state index >= 15 is 0 Å². The van der Waals surface area contributed by atoms with Crippen molar-refractivity contribution in [2.75, 3.05) is 12.3 Å². The van der Waals surface area contributed by atoms with Gasteiger partial charge >= 0.3 is 0 Å². The van der Waals surface area contributed by atoms with E-state index in [4.69, 9.17) is 5.73 Å². The molecule has 0 saturated heterocycles. The van der Waals surface area contributed by atoms with Crippen LogP contribution in [0.5, 0.6) is 0 Å². The van der Waals surface area contributed by atoms with Crippen LogP contribution < -0.4 is 5.73 Å². The van der Waals surface area contributed by atoms with Crippen LogP contribution in [0, 0.1) is 5.82 Å². The molecular formula is C12H15FN2O2S. The highest BCUT2D eigenvalue weighted by atomic mass is 32.2. The van der Waals surface area contributed by atoms with Gasteiger partial charge in [-0.2, -0.15) is 4.31 Å². The fourth-order valence-corrected chi connectivity index (χ4v) is 3.58. The maximum Gasteiger partial charge on any atom is 0.245 e. The van der Waals surface area contributed by atoms with Gasteiger partial charge < -0.3 is 5.73 Å². The van der Waals surface area contributed by atoms with Gasteiger partial charge in [0.25, 0.3) is 0 Å². The van der Waals surface area contributed by atoms with Crippen LogP contribution in [0.15, 0.2) is 35.7 Å². The van der Waals surface area contributed by atoms with E-state index in [0.717, 1.165) is 25.0 Å². The highest BCUT2D eigenvalue weighted by Crippen LogP contribution is 2.33. The molecule has 18 heavy (non-hydrogen) atoms. The Morgan fingerprint density at radius 1 is 1.50 bits per heavy atom. The summed E-state index contributed by atoms with van der Waals surface area (Å²) in [6.45, 7) is 3.76. The second-order valence-electron chi connectivity index (χ2n) is 4.28. The minimum atomic E-state index is -3.76. The van der Waals surface area contributed by atoms with Crippen LogP contribution >= 0.6 is 0 Å². The van der Waals surface area contributed by atoms with Gasteiger partial charge in [-0.3, -0.25) is 0 Å². The number of nitrogens with two attached hydrogens (primary N) is 1. The first-order valence-electron chi connectivity index (χ1n) is 5.64. The van der Waals surface area contributed by atoms with E-state index in [1.165, 1.54) is 16.4 Å². The Labute approximate surface area is 106 Å². The van der Waals surface area contributed by atoms with Crippen molar-refractivity contribution >= 4 is 15.7 Å². The van der Waals surface area contributed by atoms with Crippen molar-refractivity contribution in [1.82, 2.24) is 4.31 Å². The molecule has 1 aliphatic carbocycles. The molecule has 0 radical (unpaired) electrons. The maximum atomic E-state index is 13.2. The van der Waals surface area contributed by atoms with Gasteiger partial charge in [-0.25, -0.2) is 12.8 Å². The smallest absolute Gasteiger partial charge is 0.245 e. The second-order valence-corrected chi connectivity index (χ2v) is 6.14. The molecule has 0 heterocycles. The van der Waals surface area contributed by atoms with Crippen LogP contribution in [-0.4, -0.2) is 25.3 Å². The Morgan fingerprint density at radius 3 is 2.72 bits per heavy atom. The first-order valence-corrected chi connectivity index (χ1v) is 7.08. The Morgan fingerprint density at radius 2 is 2.17 bits per heavy atom. The van der Waals surface area contributed by atoms with Gasteiger partial charge in [0.1, 0.15) is 10.7 Å². The van der Waals surface area contributed by atoms with Crippen molar-refractivity contribution in [1.29, 1.82) is 0 Å². The number of sulfonamides is 1. The summed E-state index contributed by atoms with van der Waals surface area (Å²) in [5.74, 6) is -0.614. The molecular weight excluding hydrogens is 255 g/mol. The standard InChI is InChI=1S/C12H15FN2O2S/c1-2-7-15(10-4-5-10)18(16,17)12-8-9(13)3-6-11(12)14/h2-3,6,8,10H,1,4-5,7,14H2. The summed E-state index contributed by atoms with van der Waals surface area (Å²) in [4.78, 5) is -0.170. The zero-order valence-electron chi connectivity index (χ0n) is 9.84. The average Bonchev–Trinajstić information content (AvgIpc) is 3.13. The van der Waals surface area contributed by atoms with Crippen molar-refractivity contribution in [2.24, 2.45) is 0 Å². The summed E-state index contributed by atoms with van der Waals surface area (Å²) >= 11 is 0. The van der Waals surface area contributed by atoms with E-state index in [1.807, 2.05) is 0 Å². The number of hydrogen-bond donors (Lipinski definition) is 1. The SMILES string of the molecule is C=CCN(C1CC1)S(=O)(=O)c1cc(F)ccc1N. The normalized spacial score (nSPS) is 15.9. The molecule has 4 nitrogen and oxygen atoms in total. The molecule has 2 rings (SSSR count). The van der Waals surface area contributed by atoms with Crippen molar-refractivity contribution in [2.45, 2.75) is 23.8 Å². The van der Waals surface area contributed by atoms with Gasteiger partial charge in [0.15, 0.2) is 0 Å². The lowest BCUT2D eigenvalue weighted by atomic mass is 10.3. The molecule has 1 aliphatic rings. The van der Waals surface area contributed by atoms with Crippen LogP contribution in [0.25, 0.3) is 0 Å². The van der Waals surface area contributed by atoms with E-state index < -0.39 is 15.8 Å². The Kier molecular flexibility index (Phi) is 3.41. The summed E-state index contributed by atoms with van der Waals surface area (Å²) in [5.41, 5.74) is 5.69. The summed E-state index contributed by atoms with van der Waals surface area (Å²) in [6.07, 6.45) is 3.16. The minimum absolute atomic E-state index is 0.0179. The number of nitrogen functional groups attached to an aromatic ring is 1. The van der Waals surface area contributed by atoms with Crippen LogP contribution in [0.2, 0.25) is 0 Å². The largest absolute Gasteiger partial charge is 0.398 e. The molecule has 0 unspecified atom stereocenters. The average molecular weight is 270 g/mol. The zero-order valence-corrected chi connectivity index (χ0v) is 10.7. The van der Waals surface area contributed by atoms with Gasteiger partial charge in [-0.15, -0.1) is 6.58 Å². The molecule has 0 bridgehead atoms. The van der Waals surface area contributed by atoms with Crippen molar-refractivity contribution < 1.29 is 12.8 Å². The summed E-state index contributed by atoms with van der Waals surface area (Å²) in [6, 6.07) is 3.35. The Hall–Kier alpha value is -1.40. The summed E-state index contributed by atoms with van der Waals surface area (Å²) in [5, 5.41) is 0. The molecule has 1 saturated carbocycles. The number of benzene rings is 1. The van der Waals surface area contributed by atoms with Crippen LogP contribution in [-0.2, 0) is 10.0 Å². The predicted octanol–water partition coefficient (Wildman–Crippen LogP) is 1.75. The maximum absolute atomic E-state index is 13.2. The second kappa shape index (κ2) is 4.70. The fourth-order valence-electron chi connectivity index (χ4n) is 1.79. The van der Waals surface area contributed by atoms with Crippen molar-refractivity contribution in [3.05, 3.63) is 36.7 Å². The Bertz CT molecular complexity index is 567. The molecule has 0 amide bonds. The number of hydrogen-bond acceptors (Lipinski definition) is 3. The van der Waals surface area contributed by atoms with Crippen LogP contribution in [0.4, 0.5) is 10.1 Å². The first kappa shape index (κ1) is 13.0. The number of nitrogens with zero attached hydrogens (tertiary/aromatic N) is 1. The van der Waals surface area contributed by atoms with Gasteiger partial charge in [0, 0.05) is 12.6 Å². The molecule has 0 atom stereocenters. The van der Waals surface area contributed by atoms with Crippen LogP contribution in [0.1, 0.15) is 12.8 Å². The van der Waals surface area contributed by atoms with Gasteiger partial charge in [0.2, 0.25) is 10.0 Å². The number of halogens is 1. The number of rotatable bonds is 5. The lowest BCUT2D eigenvalue weighted by Gasteiger charge is -2.21. The molecule has 0 spiro atoms. The first-order chi connectivity index (χ1) is 8.46. The van der Waals surface area contributed by atoms with E-state index in [0.29, 0.717) is 0 Å². The van der Waals surface area contributed by atoms with Crippen molar-refractivity contribution in [3.8, 4) is 0 Å². The third-order valence-electron chi connectivity index (χ3n) is 2.83. The summed E-state index contributed by atoms with van der Waals surface area (Å²) in [7, 11) is -3.76. The molecule has 98 valence electrons. The topological polar surface area (TPSA) is 63.4 Å². The predicted molar refractivity (Wildman–Crippen MR) is 67.9 cm³/mol. The fraction of sp³-hybridized carbons (Fsp3) is 0.333. The van der Waals surface area contributed by atoms with E-state index in [-0.39, 0.29) is 23.2 Å². The monoisotopic (exact) mass is 270 g/mol. The van der Waals surface area contributed by atoms with Gasteiger partial charge in [0.05, 0.1) is 5.69 Å². The third kappa shape index (κ3) is 2.39. The van der Waals surface area contributed by atoms with Crippen LogP contribution in [0.3, 0.4) is 0 Å². The Balaban J connectivity index is 2.45. The third-order valence-corrected chi connectivity index (χ3v) is 4.80.